The summed E-state index contributed by atoms with van der Waals surface area (Å²) in [4.78, 5) is 12.4. The number of nitrogens with one attached hydrogen (secondary N) is 1. The first-order valence-electron chi connectivity index (χ1n) is 8.03. The Morgan fingerprint density at radius 3 is 2.62 bits per heavy atom. The molecular formula is C21H17N3O2. The first-order chi connectivity index (χ1) is 12.6. The van der Waals surface area contributed by atoms with Gasteiger partial charge in [0, 0.05) is 23.3 Å². The fourth-order valence-corrected chi connectivity index (χ4v) is 2.56. The predicted molar refractivity (Wildman–Crippen MR) is 101 cm³/mol. The Hall–Kier alpha value is -3.78. The minimum atomic E-state index is -0.504. The number of aromatic hydroxyl groups is 1. The number of phenols is 1. The number of aryl methyl sites for hydroxylation is 1. The molecule has 0 aliphatic rings. The maximum Gasteiger partial charge on any atom is 0.266 e. The molecule has 5 heteroatoms. The van der Waals surface area contributed by atoms with E-state index in [1.54, 1.807) is 18.2 Å². The van der Waals surface area contributed by atoms with Crippen molar-refractivity contribution in [3.05, 3.63) is 83.7 Å². The summed E-state index contributed by atoms with van der Waals surface area (Å²) in [6.45, 7) is 2.01. The smallest absolute Gasteiger partial charge is 0.266 e. The SMILES string of the molecule is Cc1cccc(-n2cccc2C=C(C#N)C(=O)Nc2ccc(O)cc2)c1. The summed E-state index contributed by atoms with van der Waals surface area (Å²) < 4.78 is 1.91. The Bertz CT molecular complexity index is 1010. The highest BCUT2D eigenvalue weighted by molar-refractivity contribution is 6.09. The molecule has 0 saturated heterocycles. The topological polar surface area (TPSA) is 78.0 Å². The van der Waals surface area contributed by atoms with E-state index in [0.717, 1.165) is 16.9 Å². The summed E-state index contributed by atoms with van der Waals surface area (Å²) in [5.74, 6) is -0.398. The number of hydrogen-bond acceptors (Lipinski definition) is 3. The molecule has 0 unspecified atom stereocenters. The monoisotopic (exact) mass is 343 g/mol. The van der Waals surface area contributed by atoms with Crippen LogP contribution >= 0.6 is 0 Å². The quantitative estimate of drug-likeness (QED) is 0.426. The molecule has 0 fully saturated rings. The van der Waals surface area contributed by atoms with Gasteiger partial charge in [-0.05, 0) is 67.1 Å². The summed E-state index contributed by atoms with van der Waals surface area (Å²) in [5, 5.41) is 21.3. The molecule has 2 N–H and O–H groups in total. The van der Waals surface area contributed by atoms with Crippen molar-refractivity contribution in [2.24, 2.45) is 0 Å². The number of amides is 1. The first-order valence-corrected chi connectivity index (χ1v) is 8.03. The first kappa shape index (κ1) is 17.1. The Labute approximate surface area is 151 Å². The van der Waals surface area contributed by atoms with Crippen molar-refractivity contribution >= 4 is 17.7 Å². The zero-order valence-corrected chi connectivity index (χ0v) is 14.2. The van der Waals surface area contributed by atoms with E-state index in [1.807, 2.05) is 60.2 Å². The van der Waals surface area contributed by atoms with Crippen molar-refractivity contribution in [3.63, 3.8) is 0 Å². The molecule has 0 spiro atoms. The van der Waals surface area contributed by atoms with Gasteiger partial charge in [-0.15, -0.1) is 0 Å². The van der Waals surface area contributed by atoms with Crippen molar-refractivity contribution in [1.29, 1.82) is 5.26 Å². The normalized spacial score (nSPS) is 11.0. The van der Waals surface area contributed by atoms with Crippen LogP contribution in [0.4, 0.5) is 5.69 Å². The molecule has 128 valence electrons. The van der Waals surface area contributed by atoms with Crippen molar-refractivity contribution in [2.75, 3.05) is 5.32 Å². The fraction of sp³-hybridized carbons (Fsp3) is 0.0476. The van der Waals surface area contributed by atoms with Crippen LogP contribution in [-0.4, -0.2) is 15.6 Å². The van der Waals surface area contributed by atoms with Gasteiger partial charge in [0.25, 0.3) is 5.91 Å². The Morgan fingerprint density at radius 1 is 1.15 bits per heavy atom. The lowest BCUT2D eigenvalue weighted by molar-refractivity contribution is -0.112. The van der Waals surface area contributed by atoms with Crippen molar-refractivity contribution in [3.8, 4) is 17.5 Å². The lowest BCUT2D eigenvalue weighted by Crippen LogP contribution is -2.13. The van der Waals surface area contributed by atoms with E-state index >= 15 is 0 Å². The van der Waals surface area contributed by atoms with Gasteiger partial charge in [-0.3, -0.25) is 4.79 Å². The number of phenolic OH excluding ortho intramolecular Hbond substituents is 1. The summed E-state index contributed by atoms with van der Waals surface area (Å²) in [6, 6.07) is 19.7. The van der Waals surface area contributed by atoms with E-state index in [9.17, 15) is 15.2 Å². The van der Waals surface area contributed by atoms with Crippen LogP contribution in [-0.2, 0) is 4.79 Å². The standard InChI is InChI=1S/C21H17N3O2/c1-15-4-2-5-18(12-15)24-11-3-6-19(24)13-16(14-22)21(26)23-17-7-9-20(25)10-8-17/h2-13,25H,1H3,(H,23,26). The minimum Gasteiger partial charge on any atom is -0.508 e. The molecule has 0 atom stereocenters. The molecule has 0 aliphatic heterocycles. The van der Waals surface area contributed by atoms with E-state index in [0.29, 0.717) is 5.69 Å². The summed E-state index contributed by atoms with van der Waals surface area (Å²) in [5.41, 5.74) is 3.30. The highest BCUT2D eigenvalue weighted by Crippen LogP contribution is 2.18. The van der Waals surface area contributed by atoms with Crippen LogP contribution < -0.4 is 5.32 Å². The van der Waals surface area contributed by atoms with Crippen LogP contribution in [0.3, 0.4) is 0 Å². The van der Waals surface area contributed by atoms with Crippen LogP contribution in [0.5, 0.6) is 5.75 Å². The van der Waals surface area contributed by atoms with Crippen LogP contribution in [0.2, 0.25) is 0 Å². The van der Waals surface area contributed by atoms with Gasteiger partial charge in [0.1, 0.15) is 17.4 Å². The maximum absolute atomic E-state index is 12.4. The number of nitriles is 1. The van der Waals surface area contributed by atoms with E-state index in [4.69, 9.17) is 0 Å². The number of nitrogens with zero attached hydrogens (tertiary/aromatic N) is 2. The van der Waals surface area contributed by atoms with Gasteiger partial charge in [-0.2, -0.15) is 5.26 Å². The Balaban J connectivity index is 1.88. The van der Waals surface area contributed by atoms with Crippen LogP contribution in [0, 0.1) is 18.3 Å². The molecule has 3 aromatic rings. The van der Waals surface area contributed by atoms with E-state index in [-0.39, 0.29) is 11.3 Å². The molecule has 2 aromatic carbocycles. The number of aromatic nitrogens is 1. The third-order valence-electron chi connectivity index (χ3n) is 3.84. The number of anilines is 1. The molecule has 0 aliphatic carbocycles. The summed E-state index contributed by atoms with van der Waals surface area (Å²) in [7, 11) is 0. The van der Waals surface area contributed by atoms with Gasteiger partial charge in [0.15, 0.2) is 0 Å². The number of carbonyl (C=O) groups is 1. The number of rotatable bonds is 4. The van der Waals surface area contributed by atoms with E-state index in [1.165, 1.54) is 12.1 Å². The summed E-state index contributed by atoms with van der Waals surface area (Å²) >= 11 is 0. The molecule has 26 heavy (non-hydrogen) atoms. The molecular weight excluding hydrogens is 326 g/mol. The molecule has 1 heterocycles. The molecule has 1 aromatic heterocycles. The van der Waals surface area contributed by atoms with Gasteiger partial charge in [0.2, 0.25) is 0 Å². The average Bonchev–Trinajstić information content (AvgIpc) is 3.09. The van der Waals surface area contributed by atoms with Crippen molar-refractivity contribution < 1.29 is 9.90 Å². The highest BCUT2D eigenvalue weighted by atomic mass is 16.3. The van der Waals surface area contributed by atoms with Crippen molar-refractivity contribution in [2.45, 2.75) is 6.92 Å². The lowest BCUT2D eigenvalue weighted by atomic mass is 10.2. The molecule has 0 bridgehead atoms. The molecule has 0 saturated carbocycles. The van der Waals surface area contributed by atoms with Crippen LogP contribution in [0.15, 0.2) is 72.4 Å². The molecule has 5 nitrogen and oxygen atoms in total. The fourth-order valence-electron chi connectivity index (χ4n) is 2.56. The second-order valence-corrected chi connectivity index (χ2v) is 5.81. The Morgan fingerprint density at radius 2 is 1.92 bits per heavy atom. The van der Waals surface area contributed by atoms with Crippen LogP contribution in [0.25, 0.3) is 11.8 Å². The summed E-state index contributed by atoms with van der Waals surface area (Å²) in [6.07, 6.45) is 3.44. The minimum absolute atomic E-state index is 0.00863. The van der Waals surface area contributed by atoms with Crippen LogP contribution in [0.1, 0.15) is 11.3 Å². The second-order valence-electron chi connectivity index (χ2n) is 5.81. The predicted octanol–water partition coefficient (Wildman–Crippen LogP) is 4.04. The van der Waals surface area contributed by atoms with Gasteiger partial charge < -0.3 is 15.0 Å². The number of carbonyl (C=O) groups excluding carboxylic acids is 1. The number of hydrogen-bond donors (Lipinski definition) is 2. The average molecular weight is 343 g/mol. The zero-order valence-electron chi connectivity index (χ0n) is 14.2. The molecule has 0 radical (unpaired) electrons. The lowest BCUT2D eigenvalue weighted by Gasteiger charge is -2.08. The maximum atomic E-state index is 12.4. The van der Waals surface area contributed by atoms with Gasteiger partial charge in [-0.25, -0.2) is 0 Å². The van der Waals surface area contributed by atoms with Gasteiger partial charge >= 0.3 is 0 Å². The van der Waals surface area contributed by atoms with Gasteiger partial charge in [-0.1, -0.05) is 12.1 Å². The zero-order chi connectivity index (χ0) is 18.5. The highest BCUT2D eigenvalue weighted by Gasteiger charge is 2.11. The second kappa shape index (κ2) is 7.41. The Kier molecular flexibility index (Phi) is 4.86. The van der Waals surface area contributed by atoms with E-state index < -0.39 is 5.91 Å². The van der Waals surface area contributed by atoms with Gasteiger partial charge in [0.05, 0.1) is 0 Å². The van der Waals surface area contributed by atoms with Crippen molar-refractivity contribution in [1.82, 2.24) is 4.57 Å². The third kappa shape index (κ3) is 3.82. The largest absolute Gasteiger partial charge is 0.508 e. The number of benzene rings is 2. The van der Waals surface area contributed by atoms with E-state index in [2.05, 4.69) is 5.32 Å². The molecule has 1 amide bonds. The third-order valence-corrected chi connectivity index (χ3v) is 3.84. The molecule has 3 rings (SSSR count).